The summed E-state index contributed by atoms with van der Waals surface area (Å²) in [6.45, 7) is 0.979. The van der Waals surface area contributed by atoms with E-state index in [1.165, 1.54) is 41.1 Å². The molecule has 0 spiro atoms. The van der Waals surface area contributed by atoms with Gasteiger partial charge in [0.15, 0.2) is 0 Å². The topological polar surface area (TPSA) is 55.0 Å². The fourth-order valence-electron chi connectivity index (χ4n) is 2.53. The normalized spacial score (nSPS) is 22.8. The first-order chi connectivity index (χ1) is 8.36. The van der Waals surface area contributed by atoms with Gasteiger partial charge < -0.3 is 0 Å². The zero-order valence-corrected chi connectivity index (χ0v) is 10.5. The molecule has 4 nitrogen and oxygen atoms in total. The molecule has 1 saturated heterocycles. The summed E-state index contributed by atoms with van der Waals surface area (Å²) < 4.78 is 5.41. The monoisotopic (exact) mass is 248 g/mol. The first kappa shape index (κ1) is 11.1. The summed E-state index contributed by atoms with van der Waals surface area (Å²) in [6.07, 6.45) is 8.56. The molecule has 3 heterocycles. The molecule has 0 bridgehead atoms. The number of fused-ring (bicyclic) bond motifs is 1. The van der Waals surface area contributed by atoms with E-state index in [1.54, 1.807) is 0 Å². The molecule has 0 aliphatic carbocycles. The van der Waals surface area contributed by atoms with E-state index in [1.807, 2.05) is 17.4 Å². The van der Waals surface area contributed by atoms with Crippen LogP contribution in [0.1, 0.15) is 37.3 Å². The summed E-state index contributed by atoms with van der Waals surface area (Å²) in [4.78, 5) is 4.33. The summed E-state index contributed by atoms with van der Waals surface area (Å²) in [5.74, 6) is 6.17. The first-order valence-corrected chi connectivity index (χ1v) is 6.84. The predicted octanol–water partition coefficient (Wildman–Crippen LogP) is 2.48. The molecule has 1 atom stereocenters. The van der Waals surface area contributed by atoms with E-state index >= 15 is 0 Å². The number of pyridine rings is 1. The molecule has 0 saturated carbocycles. The Kier molecular flexibility index (Phi) is 3.05. The highest BCUT2D eigenvalue weighted by atomic mass is 32.1. The number of hydrazine groups is 1. The van der Waals surface area contributed by atoms with Crippen molar-refractivity contribution in [3.63, 3.8) is 0 Å². The van der Waals surface area contributed by atoms with Crippen LogP contribution in [0.5, 0.6) is 0 Å². The van der Waals surface area contributed by atoms with Gasteiger partial charge in [-0.3, -0.25) is 10.8 Å². The molecule has 2 aromatic rings. The molecule has 1 unspecified atom stereocenters. The van der Waals surface area contributed by atoms with E-state index in [-0.39, 0.29) is 0 Å². The van der Waals surface area contributed by atoms with Gasteiger partial charge in [-0.25, -0.2) is 5.01 Å². The summed E-state index contributed by atoms with van der Waals surface area (Å²) in [6, 6.07) is 2.42. The highest BCUT2D eigenvalue weighted by Gasteiger charge is 2.22. The van der Waals surface area contributed by atoms with E-state index in [2.05, 4.69) is 15.4 Å². The van der Waals surface area contributed by atoms with E-state index in [4.69, 9.17) is 5.84 Å². The van der Waals surface area contributed by atoms with Crippen molar-refractivity contribution in [3.8, 4) is 0 Å². The Hall–Kier alpha value is -1.04. The lowest BCUT2D eigenvalue weighted by atomic mass is 10.0. The molecule has 90 valence electrons. The molecule has 2 aromatic heterocycles. The standard InChI is InChI=1S/C12H16N4S/c13-16-7-3-1-2-4-11(16)9-5-6-14-10-8-15-17-12(9)10/h5-6,8,11H,1-4,7,13H2. The second-order valence-corrected chi connectivity index (χ2v) is 5.34. The molecule has 5 heteroatoms. The van der Waals surface area contributed by atoms with Gasteiger partial charge >= 0.3 is 0 Å². The van der Waals surface area contributed by atoms with Crippen LogP contribution < -0.4 is 5.84 Å². The minimum Gasteiger partial charge on any atom is -0.268 e. The molecule has 3 rings (SSSR count). The van der Waals surface area contributed by atoms with Gasteiger partial charge in [-0.15, -0.1) is 0 Å². The predicted molar refractivity (Wildman–Crippen MR) is 69.5 cm³/mol. The largest absolute Gasteiger partial charge is 0.268 e. The first-order valence-electron chi connectivity index (χ1n) is 6.07. The minimum absolute atomic E-state index is 0.323. The van der Waals surface area contributed by atoms with E-state index < -0.39 is 0 Å². The van der Waals surface area contributed by atoms with E-state index in [0.29, 0.717) is 6.04 Å². The number of hydrogen-bond donors (Lipinski definition) is 1. The van der Waals surface area contributed by atoms with E-state index in [9.17, 15) is 0 Å². The molecule has 0 aromatic carbocycles. The van der Waals surface area contributed by atoms with Gasteiger partial charge in [-0.05, 0) is 36.0 Å². The van der Waals surface area contributed by atoms with Crippen LogP contribution in [-0.4, -0.2) is 20.9 Å². The van der Waals surface area contributed by atoms with Crippen LogP contribution in [0, 0.1) is 0 Å². The van der Waals surface area contributed by atoms with Crippen LogP contribution in [0.4, 0.5) is 0 Å². The zero-order valence-electron chi connectivity index (χ0n) is 9.67. The van der Waals surface area contributed by atoms with Crippen molar-refractivity contribution in [2.45, 2.75) is 31.7 Å². The number of rotatable bonds is 1. The molecule has 1 fully saturated rings. The van der Waals surface area contributed by atoms with Crippen LogP contribution in [0.2, 0.25) is 0 Å². The SMILES string of the molecule is NN1CCCCCC1c1ccnc2cnsc12. The lowest BCUT2D eigenvalue weighted by Crippen LogP contribution is -2.34. The van der Waals surface area contributed by atoms with Crippen molar-refractivity contribution in [3.05, 3.63) is 24.0 Å². The summed E-state index contributed by atoms with van der Waals surface area (Å²) in [7, 11) is 0. The quantitative estimate of drug-likeness (QED) is 0.788. The maximum Gasteiger partial charge on any atom is 0.101 e. The summed E-state index contributed by atoms with van der Waals surface area (Å²) in [5, 5.41) is 1.99. The number of nitrogens with two attached hydrogens (primary N) is 1. The van der Waals surface area contributed by atoms with Crippen molar-refractivity contribution >= 4 is 21.7 Å². The van der Waals surface area contributed by atoms with Crippen molar-refractivity contribution in [1.29, 1.82) is 0 Å². The van der Waals surface area contributed by atoms with Crippen LogP contribution in [0.15, 0.2) is 18.5 Å². The smallest absolute Gasteiger partial charge is 0.101 e. The van der Waals surface area contributed by atoms with Crippen LogP contribution in [0.3, 0.4) is 0 Å². The van der Waals surface area contributed by atoms with E-state index in [0.717, 1.165) is 18.5 Å². The number of aromatic nitrogens is 2. The molecular formula is C12H16N4S. The number of hydrogen-bond acceptors (Lipinski definition) is 5. The number of nitrogens with zero attached hydrogens (tertiary/aromatic N) is 3. The maximum absolute atomic E-state index is 6.17. The third-order valence-electron chi connectivity index (χ3n) is 3.43. The Labute approximate surface area is 105 Å². The van der Waals surface area contributed by atoms with Gasteiger partial charge in [0.1, 0.15) is 5.52 Å². The van der Waals surface area contributed by atoms with Gasteiger partial charge in [0.05, 0.1) is 16.9 Å². The molecule has 1 aliphatic heterocycles. The molecular weight excluding hydrogens is 232 g/mol. The molecule has 0 radical (unpaired) electrons. The Balaban J connectivity index is 2.03. The molecule has 0 amide bonds. The molecule has 2 N–H and O–H groups in total. The van der Waals surface area contributed by atoms with Crippen molar-refractivity contribution < 1.29 is 0 Å². The molecule has 17 heavy (non-hydrogen) atoms. The van der Waals surface area contributed by atoms with Gasteiger partial charge in [-0.2, -0.15) is 4.37 Å². The average Bonchev–Trinajstić information content (AvgIpc) is 2.72. The van der Waals surface area contributed by atoms with Gasteiger partial charge in [-0.1, -0.05) is 12.8 Å². The lowest BCUT2D eigenvalue weighted by molar-refractivity contribution is 0.208. The Morgan fingerprint density at radius 3 is 3.24 bits per heavy atom. The van der Waals surface area contributed by atoms with Crippen LogP contribution in [0.25, 0.3) is 10.2 Å². The third-order valence-corrected chi connectivity index (χ3v) is 4.27. The third kappa shape index (κ3) is 2.06. The Morgan fingerprint density at radius 2 is 2.29 bits per heavy atom. The minimum atomic E-state index is 0.323. The van der Waals surface area contributed by atoms with Crippen molar-refractivity contribution in [2.24, 2.45) is 5.84 Å². The Morgan fingerprint density at radius 1 is 1.35 bits per heavy atom. The highest BCUT2D eigenvalue weighted by molar-refractivity contribution is 7.13. The summed E-state index contributed by atoms with van der Waals surface area (Å²) in [5.41, 5.74) is 2.28. The lowest BCUT2D eigenvalue weighted by Gasteiger charge is -2.25. The average molecular weight is 248 g/mol. The highest BCUT2D eigenvalue weighted by Crippen LogP contribution is 2.33. The van der Waals surface area contributed by atoms with Gasteiger partial charge in [0, 0.05) is 12.7 Å². The molecule has 1 aliphatic rings. The van der Waals surface area contributed by atoms with Gasteiger partial charge in [0.25, 0.3) is 0 Å². The van der Waals surface area contributed by atoms with Gasteiger partial charge in [0.2, 0.25) is 0 Å². The fraction of sp³-hybridized carbons (Fsp3) is 0.500. The fourth-order valence-corrected chi connectivity index (χ4v) is 3.29. The van der Waals surface area contributed by atoms with Crippen molar-refractivity contribution in [1.82, 2.24) is 14.4 Å². The van der Waals surface area contributed by atoms with Crippen LogP contribution >= 0.6 is 11.5 Å². The zero-order chi connectivity index (χ0) is 11.7. The van der Waals surface area contributed by atoms with Crippen molar-refractivity contribution in [2.75, 3.05) is 6.54 Å². The second kappa shape index (κ2) is 4.68. The summed E-state index contributed by atoms with van der Waals surface area (Å²) >= 11 is 1.52. The maximum atomic E-state index is 6.17. The van der Waals surface area contributed by atoms with Crippen LogP contribution in [-0.2, 0) is 0 Å². The Bertz CT molecular complexity index is 510. The second-order valence-electron chi connectivity index (χ2n) is 4.54.